The fraction of sp³-hybridized carbons (Fsp3) is 0.522. The third-order valence-electron chi connectivity index (χ3n) is 6.74. The lowest BCUT2D eigenvalue weighted by Crippen LogP contribution is -2.45. The van der Waals surface area contributed by atoms with Crippen molar-refractivity contribution in [3.8, 4) is 5.75 Å². The quantitative estimate of drug-likeness (QED) is 0.469. The van der Waals surface area contributed by atoms with Crippen LogP contribution in [0.15, 0.2) is 29.3 Å². The van der Waals surface area contributed by atoms with E-state index >= 15 is 0 Å². The molecule has 1 aromatic heterocycles. The van der Waals surface area contributed by atoms with Crippen molar-refractivity contribution in [2.45, 2.75) is 69.4 Å². The topological polar surface area (TPSA) is 146 Å². The minimum atomic E-state index is -4.82. The second kappa shape index (κ2) is 9.77. The van der Waals surface area contributed by atoms with E-state index in [1.807, 2.05) is 0 Å². The standard InChI is InChI=1S/C23H27ClF3N5O6S/c1-4-31-12-17(18(24)30-31)39(35,36)32-11-14(10-22(7-8-22)19(28)33)37-16-6-5-13(9-15(16)32)29-20(34)38-21(2,3)23(25,26)27/h5-6,9,12,14H,4,7-8,10-11H2,1-3H3,(H2,28,33)(H,29,34). The minimum Gasteiger partial charge on any atom is -0.486 e. The fourth-order valence-corrected chi connectivity index (χ4v) is 6.08. The average Bonchev–Trinajstić information content (AvgIpc) is 3.50. The Morgan fingerprint density at radius 1 is 1.31 bits per heavy atom. The number of aromatic nitrogens is 2. The number of nitrogens with zero attached hydrogens (tertiary/aromatic N) is 3. The summed E-state index contributed by atoms with van der Waals surface area (Å²) in [6, 6.07) is 3.90. The van der Waals surface area contributed by atoms with Gasteiger partial charge in [-0.15, -0.1) is 0 Å². The van der Waals surface area contributed by atoms with Crippen molar-refractivity contribution in [1.29, 1.82) is 0 Å². The molecular formula is C23H27ClF3N5O6S. The summed E-state index contributed by atoms with van der Waals surface area (Å²) in [6.07, 6.45) is -4.42. The molecule has 4 rings (SSSR count). The zero-order chi connectivity index (χ0) is 29.0. The lowest BCUT2D eigenvalue weighted by Gasteiger charge is -2.36. The predicted octanol–water partition coefficient (Wildman–Crippen LogP) is 4.06. The SMILES string of the molecule is CCn1cc(S(=O)(=O)N2CC(CC3(C(N)=O)CC3)Oc3ccc(NC(=O)OC(C)(C)C(F)(F)F)cc32)c(Cl)n1. The monoisotopic (exact) mass is 593 g/mol. The number of nitrogens with two attached hydrogens (primary N) is 1. The number of alkyl halides is 3. The summed E-state index contributed by atoms with van der Waals surface area (Å²) in [4.78, 5) is 23.9. The number of carbonyl (C=O) groups is 2. The Hall–Kier alpha value is -3.20. The molecule has 1 fully saturated rings. The molecule has 1 atom stereocenters. The van der Waals surface area contributed by atoms with Crippen LogP contribution >= 0.6 is 11.6 Å². The Kier molecular flexibility index (Phi) is 7.21. The van der Waals surface area contributed by atoms with E-state index in [1.54, 1.807) is 6.92 Å². The first-order valence-corrected chi connectivity index (χ1v) is 13.7. The van der Waals surface area contributed by atoms with Gasteiger partial charge in [-0.25, -0.2) is 13.2 Å². The maximum atomic E-state index is 13.8. The molecule has 1 aliphatic heterocycles. The zero-order valence-electron chi connectivity index (χ0n) is 21.2. The van der Waals surface area contributed by atoms with Gasteiger partial charge in [-0.2, -0.15) is 18.3 Å². The summed E-state index contributed by atoms with van der Waals surface area (Å²) in [5, 5.41) is 5.92. The van der Waals surface area contributed by atoms with Crippen LogP contribution in [0.2, 0.25) is 5.15 Å². The largest absolute Gasteiger partial charge is 0.486 e. The molecule has 1 saturated carbocycles. The van der Waals surface area contributed by atoms with Crippen molar-refractivity contribution in [2.24, 2.45) is 11.1 Å². The second-order valence-corrected chi connectivity index (χ2v) is 12.2. The number of aryl methyl sites for hydroxylation is 1. The van der Waals surface area contributed by atoms with Gasteiger partial charge in [0, 0.05) is 24.8 Å². The Morgan fingerprint density at radius 2 is 1.97 bits per heavy atom. The van der Waals surface area contributed by atoms with E-state index in [1.165, 1.54) is 29.1 Å². The predicted molar refractivity (Wildman–Crippen MR) is 134 cm³/mol. The number of anilines is 2. The molecule has 214 valence electrons. The van der Waals surface area contributed by atoms with Crippen LogP contribution in [0.5, 0.6) is 5.75 Å². The number of benzene rings is 1. The highest BCUT2D eigenvalue weighted by molar-refractivity contribution is 7.93. The van der Waals surface area contributed by atoms with Crippen molar-refractivity contribution in [1.82, 2.24) is 9.78 Å². The average molecular weight is 594 g/mol. The van der Waals surface area contributed by atoms with Crippen molar-refractivity contribution >= 4 is 45.0 Å². The molecule has 3 N–H and O–H groups in total. The maximum absolute atomic E-state index is 13.8. The minimum absolute atomic E-state index is 0.0108. The van der Waals surface area contributed by atoms with Crippen LogP contribution in [-0.2, 0) is 26.1 Å². The summed E-state index contributed by atoms with van der Waals surface area (Å²) in [6.45, 7) is 3.26. The van der Waals surface area contributed by atoms with Gasteiger partial charge in [-0.1, -0.05) is 11.6 Å². The number of ether oxygens (including phenoxy) is 2. The zero-order valence-corrected chi connectivity index (χ0v) is 22.8. The number of carbonyl (C=O) groups excluding carboxylic acids is 2. The van der Waals surface area contributed by atoms with E-state index in [-0.39, 0.29) is 40.1 Å². The third-order valence-corrected chi connectivity index (χ3v) is 8.91. The first-order chi connectivity index (χ1) is 18.0. The lowest BCUT2D eigenvalue weighted by atomic mass is 9.97. The van der Waals surface area contributed by atoms with Crippen LogP contribution in [-0.4, -0.2) is 54.6 Å². The normalized spacial score (nSPS) is 18.6. The van der Waals surface area contributed by atoms with Crippen LogP contribution in [0.3, 0.4) is 0 Å². The van der Waals surface area contributed by atoms with Gasteiger partial charge in [0.15, 0.2) is 5.15 Å². The van der Waals surface area contributed by atoms with Gasteiger partial charge < -0.3 is 15.2 Å². The third kappa shape index (κ3) is 5.60. The Labute approximate surface area is 227 Å². The van der Waals surface area contributed by atoms with Gasteiger partial charge in [-0.05, 0) is 51.8 Å². The lowest BCUT2D eigenvalue weighted by molar-refractivity contribution is -0.242. The van der Waals surface area contributed by atoms with Crippen LogP contribution < -0.4 is 20.1 Å². The molecule has 0 bridgehead atoms. The smallest absolute Gasteiger partial charge is 0.427 e. The molecule has 1 aliphatic carbocycles. The number of halogens is 4. The number of fused-ring (bicyclic) bond motifs is 1. The fourth-order valence-electron chi connectivity index (χ4n) is 4.13. The molecule has 1 unspecified atom stereocenters. The Morgan fingerprint density at radius 3 is 2.51 bits per heavy atom. The highest BCUT2D eigenvalue weighted by Crippen LogP contribution is 2.51. The first kappa shape index (κ1) is 28.8. The molecule has 39 heavy (non-hydrogen) atoms. The summed E-state index contributed by atoms with van der Waals surface area (Å²) in [7, 11) is -4.35. The van der Waals surface area contributed by atoms with Crippen LogP contribution in [0.4, 0.5) is 29.3 Å². The van der Waals surface area contributed by atoms with Crippen molar-refractivity contribution in [3.05, 3.63) is 29.5 Å². The summed E-state index contributed by atoms with van der Waals surface area (Å²) in [5.41, 5.74) is 1.93. The summed E-state index contributed by atoms with van der Waals surface area (Å²) < 4.78 is 79.9. The number of hydrogen-bond donors (Lipinski definition) is 2. The van der Waals surface area contributed by atoms with Gasteiger partial charge in [0.2, 0.25) is 11.5 Å². The van der Waals surface area contributed by atoms with Gasteiger partial charge in [0.05, 0.1) is 17.6 Å². The molecule has 2 heterocycles. The molecular weight excluding hydrogens is 567 g/mol. The molecule has 2 aromatic rings. The summed E-state index contributed by atoms with van der Waals surface area (Å²) in [5.74, 6) is -0.401. The van der Waals surface area contributed by atoms with Crippen molar-refractivity contribution in [3.63, 3.8) is 0 Å². The highest BCUT2D eigenvalue weighted by Gasteiger charge is 2.52. The maximum Gasteiger partial charge on any atom is 0.427 e. The molecule has 0 spiro atoms. The van der Waals surface area contributed by atoms with E-state index in [0.29, 0.717) is 33.2 Å². The number of amides is 2. The molecule has 0 radical (unpaired) electrons. The molecule has 2 aliphatic rings. The van der Waals surface area contributed by atoms with Crippen LogP contribution in [0, 0.1) is 5.41 Å². The number of nitrogens with one attached hydrogen (secondary N) is 1. The number of sulfonamides is 1. The Balaban J connectivity index is 1.69. The molecule has 1 aromatic carbocycles. The molecule has 2 amide bonds. The molecule has 11 nitrogen and oxygen atoms in total. The van der Waals surface area contributed by atoms with E-state index < -0.39 is 45.3 Å². The van der Waals surface area contributed by atoms with Gasteiger partial charge in [0.1, 0.15) is 16.7 Å². The van der Waals surface area contributed by atoms with Crippen LogP contribution in [0.1, 0.15) is 40.0 Å². The van der Waals surface area contributed by atoms with Gasteiger partial charge >= 0.3 is 12.3 Å². The van der Waals surface area contributed by atoms with E-state index in [2.05, 4.69) is 15.2 Å². The summed E-state index contributed by atoms with van der Waals surface area (Å²) >= 11 is 6.15. The second-order valence-electron chi connectivity index (χ2n) is 9.97. The van der Waals surface area contributed by atoms with E-state index in [9.17, 15) is 31.2 Å². The van der Waals surface area contributed by atoms with Crippen molar-refractivity contribution < 1.29 is 40.7 Å². The first-order valence-electron chi connectivity index (χ1n) is 11.9. The van der Waals surface area contributed by atoms with Gasteiger partial charge in [-0.3, -0.25) is 19.1 Å². The van der Waals surface area contributed by atoms with Gasteiger partial charge in [0.25, 0.3) is 10.0 Å². The number of hydrogen-bond acceptors (Lipinski definition) is 7. The van der Waals surface area contributed by atoms with Crippen LogP contribution in [0.25, 0.3) is 0 Å². The molecule has 0 saturated heterocycles. The van der Waals surface area contributed by atoms with E-state index in [0.717, 1.165) is 4.31 Å². The van der Waals surface area contributed by atoms with Crippen molar-refractivity contribution in [2.75, 3.05) is 16.2 Å². The highest BCUT2D eigenvalue weighted by atomic mass is 35.5. The van der Waals surface area contributed by atoms with E-state index in [4.69, 9.17) is 22.1 Å². The molecule has 16 heteroatoms. The Bertz CT molecular complexity index is 1410. The number of primary amides is 1. The number of rotatable bonds is 8.